The minimum Gasteiger partial charge on any atom is -0.482 e. The molecule has 90 valence electrons. The third kappa shape index (κ3) is 1.93. The van der Waals surface area contributed by atoms with Crippen molar-refractivity contribution in [1.29, 1.82) is 0 Å². The zero-order valence-corrected chi connectivity index (χ0v) is 9.70. The van der Waals surface area contributed by atoms with Crippen LogP contribution in [-0.4, -0.2) is 5.97 Å². The number of nitrogens with zero attached hydrogens (tertiary/aromatic N) is 1. The minimum atomic E-state index is -0.335. The van der Waals surface area contributed by atoms with Crippen LogP contribution in [0.2, 0.25) is 0 Å². The first-order chi connectivity index (χ1) is 8.84. The molecule has 18 heavy (non-hydrogen) atoms. The van der Waals surface area contributed by atoms with Crippen molar-refractivity contribution in [3.8, 4) is 5.75 Å². The van der Waals surface area contributed by atoms with Gasteiger partial charge in [0.05, 0.1) is 0 Å². The van der Waals surface area contributed by atoms with Crippen molar-refractivity contribution >= 4 is 5.97 Å². The molecule has 4 heteroatoms. The molecule has 0 N–H and O–H groups in total. The predicted molar refractivity (Wildman–Crippen MR) is 62.8 cm³/mol. The standard InChI is InChI=1S/C14H12NO3/c16-14-13-12(7-4-8-15(13)10-18-14)17-9-11-5-2-1-3-6-11/h1-8H,9-10H2/q+1. The summed E-state index contributed by atoms with van der Waals surface area (Å²) in [5.74, 6) is 0.225. The van der Waals surface area contributed by atoms with Crippen molar-refractivity contribution < 1.29 is 18.8 Å². The van der Waals surface area contributed by atoms with Gasteiger partial charge in [-0.2, -0.15) is 4.57 Å². The number of aromatic nitrogens is 1. The molecular formula is C14H12NO3+. The summed E-state index contributed by atoms with van der Waals surface area (Å²) < 4.78 is 12.4. The number of ether oxygens (including phenoxy) is 2. The Morgan fingerprint density at radius 1 is 1.17 bits per heavy atom. The van der Waals surface area contributed by atoms with Crippen molar-refractivity contribution in [3.63, 3.8) is 0 Å². The first-order valence-corrected chi connectivity index (χ1v) is 5.71. The number of esters is 1. The largest absolute Gasteiger partial charge is 0.482 e. The van der Waals surface area contributed by atoms with Crippen LogP contribution in [-0.2, 0) is 18.1 Å². The molecule has 0 bridgehead atoms. The molecule has 0 saturated heterocycles. The van der Waals surface area contributed by atoms with Crippen LogP contribution in [0.25, 0.3) is 0 Å². The van der Waals surface area contributed by atoms with Gasteiger partial charge >= 0.3 is 11.7 Å². The molecule has 3 rings (SSSR count). The molecule has 1 aromatic carbocycles. The maximum Gasteiger partial charge on any atom is 0.412 e. The Bertz CT molecular complexity index is 581. The minimum absolute atomic E-state index is 0.261. The molecule has 0 radical (unpaired) electrons. The van der Waals surface area contributed by atoms with Gasteiger partial charge in [0.1, 0.15) is 6.61 Å². The van der Waals surface area contributed by atoms with E-state index in [9.17, 15) is 4.79 Å². The predicted octanol–water partition coefficient (Wildman–Crippen LogP) is 1.68. The Labute approximate surface area is 104 Å². The summed E-state index contributed by atoms with van der Waals surface area (Å²) in [5, 5.41) is 0. The Morgan fingerprint density at radius 2 is 2.00 bits per heavy atom. The van der Waals surface area contributed by atoms with Crippen molar-refractivity contribution in [2.75, 3.05) is 0 Å². The van der Waals surface area contributed by atoms with Gasteiger partial charge in [-0.15, -0.1) is 0 Å². The van der Waals surface area contributed by atoms with Crippen LogP contribution in [0, 0.1) is 0 Å². The van der Waals surface area contributed by atoms with E-state index in [0.29, 0.717) is 18.1 Å². The smallest absolute Gasteiger partial charge is 0.412 e. The average Bonchev–Trinajstić information content (AvgIpc) is 2.80. The molecule has 0 amide bonds. The lowest BCUT2D eigenvalue weighted by atomic mass is 10.2. The Kier molecular flexibility index (Phi) is 2.68. The molecule has 1 aromatic heterocycles. The van der Waals surface area contributed by atoms with Gasteiger partial charge in [0.15, 0.2) is 11.9 Å². The Hall–Kier alpha value is -2.36. The number of benzene rings is 1. The third-order valence-corrected chi connectivity index (χ3v) is 2.80. The first kappa shape index (κ1) is 10.8. The van der Waals surface area contributed by atoms with E-state index in [2.05, 4.69) is 0 Å². The van der Waals surface area contributed by atoms with E-state index in [1.54, 1.807) is 16.8 Å². The van der Waals surface area contributed by atoms with E-state index in [1.165, 1.54) is 0 Å². The van der Waals surface area contributed by atoms with Gasteiger partial charge in [-0.05, 0) is 11.6 Å². The Morgan fingerprint density at radius 3 is 2.83 bits per heavy atom. The molecule has 0 aliphatic carbocycles. The van der Waals surface area contributed by atoms with E-state index in [0.717, 1.165) is 5.56 Å². The zero-order valence-electron chi connectivity index (χ0n) is 9.70. The molecule has 0 unspecified atom stereocenters. The fourth-order valence-electron chi connectivity index (χ4n) is 1.90. The number of hydrogen-bond acceptors (Lipinski definition) is 3. The SMILES string of the molecule is O=C1OC[n+]2cccc(OCc3ccccc3)c21. The van der Waals surface area contributed by atoms with Crippen LogP contribution in [0.15, 0.2) is 48.7 Å². The number of hydrogen-bond donors (Lipinski definition) is 0. The van der Waals surface area contributed by atoms with Gasteiger partial charge in [0.2, 0.25) is 0 Å². The molecule has 0 saturated carbocycles. The number of carbonyl (C=O) groups excluding carboxylic acids is 1. The van der Waals surface area contributed by atoms with Crippen LogP contribution in [0.3, 0.4) is 0 Å². The van der Waals surface area contributed by atoms with E-state index in [4.69, 9.17) is 9.47 Å². The summed E-state index contributed by atoms with van der Waals surface area (Å²) in [6.45, 7) is 0.696. The average molecular weight is 242 g/mol. The molecular weight excluding hydrogens is 230 g/mol. The van der Waals surface area contributed by atoms with Crippen molar-refractivity contribution in [2.45, 2.75) is 13.3 Å². The highest BCUT2D eigenvalue weighted by atomic mass is 16.6. The quantitative estimate of drug-likeness (QED) is 0.607. The number of rotatable bonds is 3. The summed E-state index contributed by atoms with van der Waals surface area (Å²) in [6, 6.07) is 13.4. The molecule has 1 aliphatic heterocycles. The highest BCUT2D eigenvalue weighted by Crippen LogP contribution is 2.19. The zero-order chi connectivity index (χ0) is 12.4. The number of fused-ring (bicyclic) bond motifs is 1. The van der Waals surface area contributed by atoms with Gasteiger partial charge < -0.3 is 9.47 Å². The topological polar surface area (TPSA) is 39.4 Å². The maximum absolute atomic E-state index is 11.6. The van der Waals surface area contributed by atoms with Gasteiger partial charge in [0.25, 0.3) is 6.73 Å². The summed E-state index contributed by atoms with van der Waals surface area (Å²) in [5.41, 5.74) is 1.54. The van der Waals surface area contributed by atoms with Crippen LogP contribution in [0.5, 0.6) is 5.75 Å². The lowest BCUT2D eigenvalue weighted by Crippen LogP contribution is -2.33. The van der Waals surface area contributed by atoms with E-state index in [1.807, 2.05) is 36.4 Å². The van der Waals surface area contributed by atoms with Gasteiger partial charge in [-0.1, -0.05) is 30.3 Å². The summed E-state index contributed by atoms with van der Waals surface area (Å²) in [7, 11) is 0. The van der Waals surface area contributed by atoms with Crippen molar-refractivity contribution in [2.24, 2.45) is 0 Å². The lowest BCUT2D eigenvalue weighted by Gasteiger charge is -2.05. The van der Waals surface area contributed by atoms with Crippen molar-refractivity contribution in [1.82, 2.24) is 0 Å². The van der Waals surface area contributed by atoms with Crippen LogP contribution in [0.4, 0.5) is 0 Å². The molecule has 4 nitrogen and oxygen atoms in total. The molecule has 2 heterocycles. The van der Waals surface area contributed by atoms with Gasteiger partial charge in [0, 0.05) is 6.07 Å². The third-order valence-electron chi connectivity index (χ3n) is 2.80. The van der Waals surface area contributed by atoms with Crippen LogP contribution >= 0.6 is 0 Å². The van der Waals surface area contributed by atoms with E-state index in [-0.39, 0.29) is 12.7 Å². The summed E-state index contributed by atoms with van der Waals surface area (Å²) >= 11 is 0. The molecule has 0 spiro atoms. The van der Waals surface area contributed by atoms with E-state index >= 15 is 0 Å². The number of cyclic esters (lactones) is 1. The second kappa shape index (κ2) is 4.49. The number of carbonyl (C=O) groups is 1. The molecule has 1 aliphatic rings. The molecule has 0 fully saturated rings. The molecule has 2 aromatic rings. The highest BCUT2D eigenvalue weighted by molar-refractivity contribution is 5.89. The second-order valence-corrected chi connectivity index (χ2v) is 4.03. The van der Waals surface area contributed by atoms with E-state index < -0.39 is 0 Å². The summed E-state index contributed by atoms with van der Waals surface area (Å²) in [4.78, 5) is 11.6. The van der Waals surface area contributed by atoms with Crippen LogP contribution in [0.1, 0.15) is 16.1 Å². The fourth-order valence-corrected chi connectivity index (χ4v) is 1.90. The maximum atomic E-state index is 11.6. The van der Waals surface area contributed by atoms with Crippen LogP contribution < -0.4 is 9.30 Å². The monoisotopic (exact) mass is 242 g/mol. The van der Waals surface area contributed by atoms with Gasteiger partial charge in [-0.3, -0.25) is 0 Å². The fraction of sp³-hybridized carbons (Fsp3) is 0.143. The Balaban J connectivity index is 1.82. The normalized spacial score (nSPS) is 13.0. The summed E-state index contributed by atoms with van der Waals surface area (Å²) in [6.07, 6.45) is 1.80. The second-order valence-electron chi connectivity index (χ2n) is 4.03. The highest BCUT2D eigenvalue weighted by Gasteiger charge is 2.33. The lowest BCUT2D eigenvalue weighted by molar-refractivity contribution is -0.714. The number of pyridine rings is 1. The van der Waals surface area contributed by atoms with Gasteiger partial charge in [-0.25, -0.2) is 4.79 Å². The first-order valence-electron chi connectivity index (χ1n) is 5.71. The molecule has 0 atom stereocenters. The van der Waals surface area contributed by atoms with Crippen molar-refractivity contribution in [3.05, 3.63) is 59.9 Å².